The minimum absolute atomic E-state index is 0.0687. The minimum atomic E-state index is -0.143. The Labute approximate surface area is 143 Å². The van der Waals surface area contributed by atoms with Crippen molar-refractivity contribution in [3.63, 3.8) is 0 Å². The lowest BCUT2D eigenvalue weighted by molar-refractivity contribution is -0.138. The van der Waals surface area contributed by atoms with Crippen molar-refractivity contribution in [3.8, 4) is 0 Å². The van der Waals surface area contributed by atoms with E-state index < -0.39 is 0 Å². The zero-order valence-corrected chi connectivity index (χ0v) is 14.5. The molecule has 0 saturated carbocycles. The predicted octanol–water partition coefficient (Wildman–Crippen LogP) is 0.994. The Morgan fingerprint density at radius 1 is 1.50 bits per heavy atom. The van der Waals surface area contributed by atoms with E-state index in [0.717, 1.165) is 10.7 Å². The van der Waals surface area contributed by atoms with E-state index in [1.807, 2.05) is 17.2 Å². The number of ether oxygens (including phenoxy) is 2. The summed E-state index contributed by atoms with van der Waals surface area (Å²) in [6.45, 7) is 3.87. The summed E-state index contributed by atoms with van der Waals surface area (Å²) in [6, 6.07) is 0. The summed E-state index contributed by atoms with van der Waals surface area (Å²) < 4.78 is 15.9. The highest BCUT2D eigenvalue weighted by molar-refractivity contribution is 7.09. The number of hydrogen-bond acceptors (Lipinski definition) is 8. The van der Waals surface area contributed by atoms with Crippen molar-refractivity contribution in [3.05, 3.63) is 27.8 Å². The van der Waals surface area contributed by atoms with Crippen LogP contribution in [0.2, 0.25) is 0 Å². The quantitative estimate of drug-likeness (QED) is 0.766. The van der Waals surface area contributed by atoms with E-state index in [1.54, 1.807) is 18.4 Å². The van der Waals surface area contributed by atoms with Gasteiger partial charge in [-0.2, -0.15) is 4.98 Å². The number of amides is 1. The van der Waals surface area contributed by atoms with E-state index in [-0.39, 0.29) is 12.0 Å². The maximum Gasteiger partial charge on any atom is 0.229 e. The molecule has 1 amide bonds. The molecule has 2 aromatic rings. The van der Waals surface area contributed by atoms with Crippen LogP contribution in [-0.2, 0) is 33.7 Å². The zero-order valence-electron chi connectivity index (χ0n) is 13.7. The Bertz CT molecular complexity index is 687. The molecule has 0 radical (unpaired) electrons. The first-order valence-electron chi connectivity index (χ1n) is 7.75. The molecule has 0 bridgehead atoms. The summed E-state index contributed by atoms with van der Waals surface area (Å²) in [5.74, 6) is 1.07. The summed E-state index contributed by atoms with van der Waals surface area (Å²) >= 11 is 1.56. The molecule has 0 N–H and O–H groups in total. The molecule has 1 saturated heterocycles. The number of hydrogen-bond donors (Lipinski definition) is 0. The number of aromatic nitrogens is 3. The van der Waals surface area contributed by atoms with E-state index in [4.69, 9.17) is 14.0 Å². The molecule has 1 aliphatic rings. The maximum atomic E-state index is 12.4. The lowest BCUT2D eigenvalue weighted by Gasteiger charge is -2.32. The van der Waals surface area contributed by atoms with Crippen LogP contribution < -0.4 is 0 Å². The molecule has 3 rings (SSSR count). The molecule has 130 valence electrons. The highest BCUT2D eigenvalue weighted by Crippen LogP contribution is 2.14. The second-order valence-corrected chi connectivity index (χ2v) is 6.67. The average molecular weight is 352 g/mol. The standard InChI is InChI=1S/C15H20N4O4S/c1-10-16-11(9-24-10)5-15(20)19-3-4-22-12(7-19)6-14-17-13(8-21-2)18-23-14/h9,12H,3-8H2,1-2H3/t12-/m1/s1. The average Bonchev–Trinajstić information content (AvgIpc) is 3.17. The number of thiazole rings is 1. The molecule has 0 aliphatic carbocycles. The third-order valence-corrected chi connectivity index (χ3v) is 4.50. The summed E-state index contributed by atoms with van der Waals surface area (Å²) in [7, 11) is 1.58. The van der Waals surface area contributed by atoms with Crippen molar-refractivity contribution in [2.24, 2.45) is 0 Å². The van der Waals surface area contributed by atoms with Crippen LogP contribution in [0.4, 0.5) is 0 Å². The van der Waals surface area contributed by atoms with Crippen LogP contribution in [0.15, 0.2) is 9.90 Å². The van der Waals surface area contributed by atoms with Crippen LogP contribution in [0.5, 0.6) is 0 Å². The Morgan fingerprint density at radius 3 is 3.12 bits per heavy atom. The van der Waals surface area contributed by atoms with E-state index in [2.05, 4.69) is 15.1 Å². The number of nitrogens with zero attached hydrogens (tertiary/aromatic N) is 4. The molecule has 0 spiro atoms. The largest absolute Gasteiger partial charge is 0.377 e. The van der Waals surface area contributed by atoms with Crippen LogP contribution in [-0.4, -0.2) is 58.8 Å². The lowest BCUT2D eigenvalue weighted by Crippen LogP contribution is -2.47. The van der Waals surface area contributed by atoms with Crippen molar-refractivity contribution < 1.29 is 18.8 Å². The number of carbonyl (C=O) groups is 1. The number of methoxy groups -OCH3 is 1. The third-order valence-electron chi connectivity index (χ3n) is 3.68. The number of aryl methyl sites for hydroxylation is 1. The molecule has 24 heavy (non-hydrogen) atoms. The van der Waals surface area contributed by atoms with Gasteiger partial charge in [0.15, 0.2) is 5.82 Å². The molecular formula is C15H20N4O4S. The summed E-state index contributed by atoms with van der Waals surface area (Å²) in [6.07, 6.45) is 0.669. The summed E-state index contributed by atoms with van der Waals surface area (Å²) in [4.78, 5) is 22.8. The zero-order chi connectivity index (χ0) is 16.9. The molecule has 0 unspecified atom stereocenters. The van der Waals surface area contributed by atoms with Crippen LogP contribution in [0.1, 0.15) is 22.4 Å². The molecule has 2 aromatic heterocycles. The van der Waals surface area contributed by atoms with Crippen molar-refractivity contribution >= 4 is 17.2 Å². The fourth-order valence-electron chi connectivity index (χ4n) is 2.58. The van der Waals surface area contributed by atoms with Gasteiger partial charge in [-0.1, -0.05) is 5.16 Å². The van der Waals surface area contributed by atoms with Gasteiger partial charge in [0.05, 0.1) is 36.3 Å². The van der Waals surface area contributed by atoms with Gasteiger partial charge in [0, 0.05) is 25.6 Å². The van der Waals surface area contributed by atoms with Gasteiger partial charge < -0.3 is 18.9 Å². The van der Waals surface area contributed by atoms with Gasteiger partial charge in [-0.25, -0.2) is 4.98 Å². The highest BCUT2D eigenvalue weighted by atomic mass is 32.1. The lowest BCUT2D eigenvalue weighted by atomic mass is 10.2. The second-order valence-electron chi connectivity index (χ2n) is 5.61. The SMILES string of the molecule is COCc1noc(C[C@@H]2CN(C(=O)Cc3csc(C)n3)CCO2)n1. The van der Waals surface area contributed by atoms with Gasteiger partial charge >= 0.3 is 0 Å². The van der Waals surface area contributed by atoms with E-state index in [0.29, 0.717) is 50.9 Å². The maximum absolute atomic E-state index is 12.4. The smallest absolute Gasteiger partial charge is 0.229 e. The number of carbonyl (C=O) groups excluding carboxylic acids is 1. The summed E-state index contributed by atoms with van der Waals surface area (Å²) in [5, 5.41) is 6.73. The Kier molecular flexibility index (Phi) is 5.54. The number of rotatable bonds is 6. The van der Waals surface area contributed by atoms with Gasteiger partial charge in [-0.3, -0.25) is 4.79 Å². The van der Waals surface area contributed by atoms with Crippen molar-refractivity contribution in [2.75, 3.05) is 26.8 Å². The van der Waals surface area contributed by atoms with Crippen molar-refractivity contribution in [1.29, 1.82) is 0 Å². The van der Waals surface area contributed by atoms with Crippen LogP contribution in [0.25, 0.3) is 0 Å². The molecule has 1 fully saturated rings. The molecule has 9 heteroatoms. The molecule has 8 nitrogen and oxygen atoms in total. The van der Waals surface area contributed by atoms with E-state index >= 15 is 0 Å². The Hall–Kier alpha value is -1.84. The predicted molar refractivity (Wildman–Crippen MR) is 85.6 cm³/mol. The van der Waals surface area contributed by atoms with Crippen LogP contribution >= 0.6 is 11.3 Å². The molecule has 3 heterocycles. The topological polar surface area (TPSA) is 90.6 Å². The van der Waals surface area contributed by atoms with Crippen molar-refractivity contribution in [1.82, 2.24) is 20.0 Å². The number of morpholine rings is 1. The summed E-state index contributed by atoms with van der Waals surface area (Å²) in [5.41, 5.74) is 0.826. The molecule has 1 atom stereocenters. The van der Waals surface area contributed by atoms with Gasteiger partial charge in [0.2, 0.25) is 11.8 Å². The molecular weight excluding hydrogens is 332 g/mol. The first-order valence-corrected chi connectivity index (χ1v) is 8.63. The Morgan fingerprint density at radius 2 is 2.38 bits per heavy atom. The van der Waals surface area contributed by atoms with Crippen LogP contribution in [0.3, 0.4) is 0 Å². The van der Waals surface area contributed by atoms with Gasteiger partial charge in [0.25, 0.3) is 0 Å². The van der Waals surface area contributed by atoms with E-state index in [1.165, 1.54) is 0 Å². The van der Waals surface area contributed by atoms with Gasteiger partial charge in [-0.05, 0) is 6.92 Å². The van der Waals surface area contributed by atoms with Crippen LogP contribution in [0, 0.1) is 6.92 Å². The third kappa shape index (κ3) is 4.37. The first-order chi connectivity index (χ1) is 11.6. The van der Waals surface area contributed by atoms with Gasteiger partial charge in [0.1, 0.15) is 6.61 Å². The molecule has 1 aliphatic heterocycles. The first kappa shape index (κ1) is 17.0. The monoisotopic (exact) mass is 352 g/mol. The second kappa shape index (κ2) is 7.82. The normalized spacial score (nSPS) is 18.1. The fraction of sp³-hybridized carbons (Fsp3) is 0.600. The highest BCUT2D eigenvalue weighted by Gasteiger charge is 2.26. The van der Waals surface area contributed by atoms with Gasteiger partial charge in [-0.15, -0.1) is 11.3 Å². The van der Waals surface area contributed by atoms with E-state index in [9.17, 15) is 4.79 Å². The fourth-order valence-corrected chi connectivity index (χ4v) is 3.19. The molecule has 0 aromatic carbocycles. The minimum Gasteiger partial charge on any atom is -0.377 e. The Balaban J connectivity index is 1.54. The van der Waals surface area contributed by atoms with Crippen molar-refractivity contribution in [2.45, 2.75) is 32.5 Å².